The van der Waals surface area contributed by atoms with Gasteiger partial charge in [-0.3, -0.25) is 4.79 Å². The molecule has 0 aliphatic carbocycles. The number of allylic oxidation sites excluding steroid dienone is 2. The summed E-state index contributed by atoms with van der Waals surface area (Å²) in [5.74, 6) is 1.17. The van der Waals surface area contributed by atoms with Crippen LogP contribution >= 0.6 is 8.60 Å². The Kier molecular flexibility index (Phi) is 14.4. The molecule has 0 fully saturated rings. The molecule has 3 N–H and O–H groups in total. The first-order chi connectivity index (χ1) is 16.1. The molecule has 0 bridgehead atoms. The van der Waals surface area contributed by atoms with Gasteiger partial charge in [0.15, 0.2) is 11.5 Å². The highest BCUT2D eigenvalue weighted by molar-refractivity contribution is 7.39. The largest absolute Gasteiger partial charge is 0.493 e. The lowest BCUT2D eigenvalue weighted by Crippen LogP contribution is -2.36. The third-order valence-electron chi connectivity index (χ3n) is 4.73. The predicted octanol–water partition coefficient (Wildman–Crippen LogP) is 3.59. The second kappa shape index (κ2) is 16.4. The molecule has 1 aromatic carbocycles. The number of hydroxylamine groups is 2. The molecular formula is C23H38N3O7P. The molecule has 0 aromatic heterocycles. The minimum Gasteiger partial charge on any atom is -0.493 e. The van der Waals surface area contributed by atoms with Crippen molar-refractivity contribution in [1.29, 1.82) is 0 Å². The molecule has 192 valence electrons. The van der Waals surface area contributed by atoms with E-state index in [2.05, 4.69) is 31.3 Å². The zero-order chi connectivity index (χ0) is 25.5. The summed E-state index contributed by atoms with van der Waals surface area (Å²) in [5, 5.41) is 4.12. The lowest BCUT2D eigenvalue weighted by Gasteiger charge is -2.21. The fourth-order valence-corrected chi connectivity index (χ4v) is 3.16. The van der Waals surface area contributed by atoms with Crippen LogP contribution in [-0.4, -0.2) is 66.0 Å². The van der Waals surface area contributed by atoms with Gasteiger partial charge >= 0.3 is 14.7 Å². The lowest BCUT2D eigenvalue weighted by molar-refractivity contribution is -0.121. The molecule has 11 heteroatoms. The first kappa shape index (κ1) is 29.8. The van der Waals surface area contributed by atoms with Crippen molar-refractivity contribution >= 4 is 20.6 Å². The van der Waals surface area contributed by atoms with Gasteiger partial charge in [-0.05, 0) is 42.9 Å². The first-order valence-corrected chi connectivity index (χ1v) is 12.4. The van der Waals surface area contributed by atoms with E-state index < -0.39 is 14.7 Å². The van der Waals surface area contributed by atoms with Gasteiger partial charge in [0.05, 0.1) is 7.11 Å². The Labute approximate surface area is 203 Å². The zero-order valence-electron chi connectivity index (χ0n) is 20.7. The van der Waals surface area contributed by atoms with Crippen molar-refractivity contribution in [3.63, 3.8) is 0 Å². The van der Waals surface area contributed by atoms with E-state index in [1.165, 1.54) is 24.1 Å². The van der Waals surface area contributed by atoms with Gasteiger partial charge in [-0.25, -0.2) is 9.42 Å². The summed E-state index contributed by atoms with van der Waals surface area (Å²) >= 11 is 0. The van der Waals surface area contributed by atoms with Crippen LogP contribution in [0.25, 0.3) is 0 Å². The smallest absolute Gasteiger partial charge is 0.415 e. The van der Waals surface area contributed by atoms with Gasteiger partial charge in [-0.2, -0.15) is 5.06 Å². The predicted molar refractivity (Wildman–Crippen MR) is 131 cm³/mol. The number of nitrogens with zero attached hydrogens (tertiary/aromatic N) is 2. The highest BCUT2D eigenvalue weighted by Gasteiger charge is 2.16. The summed E-state index contributed by atoms with van der Waals surface area (Å²) in [4.78, 5) is 43.4. The molecular weight excluding hydrogens is 461 g/mol. The van der Waals surface area contributed by atoms with Crippen LogP contribution in [0.15, 0.2) is 30.4 Å². The van der Waals surface area contributed by atoms with E-state index in [1.54, 1.807) is 25.2 Å². The Bertz CT molecular complexity index is 790. The second-order valence-electron chi connectivity index (χ2n) is 8.16. The first-order valence-electron chi connectivity index (χ1n) is 11.2. The maximum Gasteiger partial charge on any atom is 0.415 e. The van der Waals surface area contributed by atoms with Gasteiger partial charge in [0.2, 0.25) is 5.91 Å². The van der Waals surface area contributed by atoms with Crippen LogP contribution in [0, 0.1) is 5.92 Å². The molecule has 34 heavy (non-hydrogen) atoms. The number of nitrogens with one attached hydrogen (secondary N) is 1. The zero-order valence-corrected chi connectivity index (χ0v) is 21.6. The summed E-state index contributed by atoms with van der Waals surface area (Å²) in [6, 6.07) is 5.09. The standard InChI is InChI=1S/C23H38N3O7P/c1-18(2)10-8-6-7-9-11-22(27)24-17-19-12-13-20(21(16-19)31-5)32-23(28)25(3)14-15-26(4)33-34(29)30/h8,10,12-13,16,18,29-30H,6-7,9,11,14-15,17H2,1-5H3,(H,24,27)/b10-8+. The summed E-state index contributed by atoms with van der Waals surface area (Å²) < 4.78 is 15.5. The number of carbonyl (C=O) groups excluding carboxylic acids is 2. The number of hydrogen-bond acceptors (Lipinski definition) is 8. The molecule has 0 saturated heterocycles. The summed E-state index contributed by atoms with van der Waals surface area (Å²) in [5.41, 5.74) is 0.821. The van der Waals surface area contributed by atoms with Crippen molar-refractivity contribution in [1.82, 2.24) is 15.3 Å². The molecule has 0 aliphatic heterocycles. The second-order valence-corrected chi connectivity index (χ2v) is 8.82. The van der Waals surface area contributed by atoms with Crippen LogP contribution in [0.3, 0.4) is 0 Å². The molecule has 0 atom stereocenters. The molecule has 0 heterocycles. The molecule has 0 saturated carbocycles. The highest BCUT2D eigenvalue weighted by Crippen LogP contribution is 2.29. The molecule has 0 unspecified atom stereocenters. The van der Waals surface area contributed by atoms with Gasteiger partial charge in [0.25, 0.3) is 0 Å². The lowest BCUT2D eigenvalue weighted by atomic mass is 10.1. The third-order valence-corrected chi connectivity index (χ3v) is 5.16. The molecule has 2 amide bonds. The van der Waals surface area contributed by atoms with E-state index >= 15 is 0 Å². The Morgan fingerprint density at radius 1 is 1.15 bits per heavy atom. The SMILES string of the molecule is COc1cc(CNC(=O)CCCC/C=C/C(C)C)ccc1OC(=O)N(C)CCN(C)OP(O)O. The van der Waals surface area contributed by atoms with Gasteiger partial charge in [0, 0.05) is 40.2 Å². The Morgan fingerprint density at radius 2 is 1.88 bits per heavy atom. The van der Waals surface area contributed by atoms with Crippen molar-refractivity contribution in [2.75, 3.05) is 34.3 Å². The molecule has 0 spiro atoms. The van der Waals surface area contributed by atoms with E-state index in [1.807, 2.05) is 0 Å². The Morgan fingerprint density at radius 3 is 2.53 bits per heavy atom. The van der Waals surface area contributed by atoms with Crippen molar-refractivity contribution in [3.8, 4) is 11.5 Å². The molecule has 10 nitrogen and oxygen atoms in total. The molecule has 1 rings (SSSR count). The van der Waals surface area contributed by atoms with Crippen molar-refractivity contribution in [3.05, 3.63) is 35.9 Å². The maximum absolute atomic E-state index is 12.3. The topological polar surface area (TPSA) is 121 Å². The number of benzene rings is 1. The van der Waals surface area contributed by atoms with Crippen LogP contribution in [0.2, 0.25) is 0 Å². The van der Waals surface area contributed by atoms with Crippen LogP contribution in [0.5, 0.6) is 11.5 Å². The summed E-state index contributed by atoms with van der Waals surface area (Å²) in [6.45, 7) is 5.11. The number of methoxy groups -OCH3 is 1. The molecule has 0 aliphatic rings. The van der Waals surface area contributed by atoms with Gasteiger partial charge in [0.1, 0.15) is 0 Å². The number of likely N-dealkylation sites (N-methyl/N-ethyl adjacent to an activating group) is 2. The Hall–Kier alpha value is -2.23. The van der Waals surface area contributed by atoms with Crippen LogP contribution in [0.4, 0.5) is 4.79 Å². The number of carbonyl (C=O) groups is 2. The average molecular weight is 500 g/mol. The fourth-order valence-electron chi connectivity index (χ4n) is 2.83. The summed E-state index contributed by atoms with van der Waals surface area (Å²) in [7, 11) is 2.04. The minimum absolute atomic E-state index is 0.00663. The Balaban J connectivity index is 2.48. The molecule has 1 aromatic rings. The van der Waals surface area contributed by atoms with E-state index in [4.69, 9.17) is 23.9 Å². The van der Waals surface area contributed by atoms with E-state index in [-0.39, 0.29) is 24.7 Å². The van der Waals surface area contributed by atoms with E-state index in [0.717, 1.165) is 24.8 Å². The highest BCUT2D eigenvalue weighted by atomic mass is 31.2. The number of ether oxygens (including phenoxy) is 2. The molecule has 0 radical (unpaired) electrons. The van der Waals surface area contributed by atoms with Gasteiger partial charge in [-0.1, -0.05) is 32.1 Å². The van der Waals surface area contributed by atoms with E-state index in [9.17, 15) is 9.59 Å². The van der Waals surface area contributed by atoms with Gasteiger partial charge < -0.3 is 29.5 Å². The van der Waals surface area contributed by atoms with Crippen molar-refractivity contribution in [2.45, 2.75) is 46.1 Å². The quantitative estimate of drug-likeness (QED) is 0.145. The van der Waals surface area contributed by atoms with E-state index in [0.29, 0.717) is 24.6 Å². The third kappa shape index (κ3) is 12.9. The fraction of sp³-hybridized carbons (Fsp3) is 0.565. The van der Waals surface area contributed by atoms with Crippen LogP contribution < -0.4 is 14.8 Å². The monoisotopic (exact) mass is 499 g/mol. The maximum atomic E-state index is 12.3. The number of rotatable bonds is 15. The van der Waals surface area contributed by atoms with Crippen LogP contribution in [0.1, 0.15) is 45.1 Å². The number of hydrogen-bond donors (Lipinski definition) is 3. The van der Waals surface area contributed by atoms with Crippen LogP contribution in [-0.2, 0) is 16.0 Å². The minimum atomic E-state index is -2.51. The normalized spacial score (nSPS) is 11.5. The van der Waals surface area contributed by atoms with Crippen molar-refractivity contribution < 1.29 is 33.5 Å². The number of unbranched alkanes of at least 4 members (excludes halogenated alkanes) is 2. The van der Waals surface area contributed by atoms with Crippen molar-refractivity contribution in [2.24, 2.45) is 5.92 Å². The summed E-state index contributed by atoms with van der Waals surface area (Å²) in [6.07, 6.45) is 7.01. The average Bonchev–Trinajstić information content (AvgIpc) is 2.78. The van der Waals surface area contributed by atoms with Gasteiger partial charge in [-0.15, -0.1) is 0 Å². The number of amides is 2.